The Labute approximate surface area is 112 Å². The van der Waals surface area contributed by atoms with Crippen LogP contribution in [0, 0.1) is 0 Å². The third-order valence-corrected chi connectivity index (χ3v) is 2.96. The van der Waals surface area contributed by atoms with Crippen molar-refractivity contribution >= 4 is 17.3 Å². The van der Waals surface area contributed by atoms with Gasteiger partial charge in [0, 0.05) is 16.8 Å². The second-order valence-electron chi connectivity index (χ2n) is 4.43. The van der Waals surface area contributed by atoms with Gasteiger partial charge in [0.1, 0.15) is 5.75 Å². The van der Waals surface area contributed by atoms with Gasteiger partial charge in [-0.2, -0.15) is 0 Å². The van der Waals surface area contributed by atoms with Gasteiger partial charge in [0.25, 0.3) is 0 Å². The van der Waals surface area contributed by atoms with Crippen molar-refractivity contribution in [2.24, 2.45) is 0 Å². The molecule has 0 fully saturated rings. The zero-order chi connectivity index (χ0) is 13.0. The minimum atomic E-state index is 0.285. The molecule has 0 amide bonds. The predicted octanol–water partition coefficient (Wildman–Crippen LogP) is 4.09. The smallest absolute Gasteiger partial charge is 0.115 e. The van der Waals surface area contributed by atoms with Gasteiger partial charge in [-0.05, 0) is 55.3 Å². The molecule has 0 saturated carbocycles. The van der Waals surface area contributed by atoms with E-state index in [9.17, 15) is 5.11 Å². The number of phenols is 1. The zero-order valence-corrected chi connectivity index (χ0v) is 11.0. The molecule has 0 saturated heterocycles. The van der Waals surface area contributed by atoms with Gasteiger partial charge >= 0.3 is 0 Å². The first-order valence-corrected chi connectivity index (χ1v) is 6.31. The van der Waals surface area contributed by atoms with Crippen molar-refractivity contribution in [1.82, 2.24) is 0 Å². The second-order valence-corrected chi connectivity index (χ2v) is 4.86. The second kappa shape index (κ2) is 5.78. The number of halogens is 1. The van der Waals surface area contributed by atoms with Gasteiger partial charge in [0.05, 0.1) is 0 Å². The lowest BCUT2D eigenvalue weighted by molar-refractivity contribution is 0.474. The van der Waals surface area contributed by atoms with Crippen molar-refractivity contribution in [3.63, 3.8) is 0 Å². The highest BCUT2D eigenvalue weighted by Crippen LogP contribution is 2.17. The molecule has 18 heavy (non-hydrogen) atoms. The van der Waals surface area contributed by atoms with Crippen LogP contribution >= 0.6 is 11.6 Å². The first kappa shape index (κ1) is 12.8. The molecule has 0 radical (unpaired) electrons. The molecule has 0 bridgehead atoms. The number of rotatable bonds is 4. The van der Waals surface area contributed by atoms with Crippen LogP contribution in [0.2, 0.25) is 5.02 Å². The fraction of sp³-hybridized carbons (Fsp3) is 0.200. The zero-order valence-electron chi connectivity index (χ0n) is 10.2. The first-order valence-electron chi connectivity index (χ1n) is 5.93. The summed E-state index contributed by atoms with van der Waals surface area (Å²) in [5.74, 6) is 0.311. The van der Waals surface area contributed by atoms with E-state index in [4.69, 9.17) is 11.6 Å². The van der Waals surface area contributed by atoms with Crippen LogP contribution in [0.25, 0.3) is 0 Å². The number of anilines is 1. The van der Waals surface area contributed by atoms with Crippen molar-refractivity contribution in [2.75, 3.05) is 5.32 Å². The third kappa shape index (κ3) is 3.67. The molecule has 0 aliphatic carbocycles. The third-order valence-electron chi connectivity index (χ3n) is 2.71. The molecule has 0 aliphatic heterocycles. The molecule has 0 aromatic heterocycles. The summed E-state index contributed by atoms with van der Waals surface area (Å²) >= 11 is 5.84. The Morgan fingerprint density at radius 1 is 1.17 bits per heavy atom. The fourth-order valence-electron chi connectivity index (χ4n) is 1.92. The Hall–Kier alpha value is -1.67. The van der Waals surface area contributed by atoms with Gasteiger partial charge in [-0.3, -0.25) is 0 Å². The summed E-state index contributed by atoms with van der Waals surface area (Å²) in [6.07, 6.45) is 0.858. The topological polar surface area (TPSA) is 32.3 Å². The van der Waals surface area contributed by atoms with Crippen molar-refractivity contribution < 1.29 is 5.11 Å². The lowest BCUT2D eigenvalue weighted by Crippen LogP contribution is -2.17. The molecule has 2 N–H and O–H groups in total. The molecule has 1 atom stereocenters. The number of phenolic OH excluding ortho intramolecular Hbond substituents is 1. The summed E-state index contributed by atoms with van der Waals surface area (Å²) in [5.41, 5.74) is 2.16. The fourth-order valence-corrected chi connectivity index (χ4v) is 2.04. The van der Waals surface area contributed by atoms with Crippen molar-refractivity contribution in [2.45, 2.75) is 19.4 Å². The van der Waals surface area contributed by atoms with Gasteiger partial charge in [0.2, 0.25) is 0 Å². The number of hydrogen-bond acceptors (Lipinski definition) is 2. The highest BCUT2D eigenvalue weighted by atomic mass is 35.5. The van der Waals surface area contributed by atoms with E-state index in [0.717, 1.165) is 22.7 Å². The van der Waals surface area contributed by atoms with E-state index >= 15 is 0 Å². The Balaban J connectivity index is 1.96. The summed E-state index contributed by atoms with van der Waals surface area (Å²) in [7, 11) is 0. The van der Waals surface area contributed by atoms with Crippen LogP contribution in [0.5, 0.6) is 5.75 Å². The minimum Gasteiger partial charge on any atom is -0.508 e. The Morgan fingerprint density at radius 2 is 1.89 bits per heavy atom. The average Bonchev–Trinajstić information content (AvgIpc) is 2.32. The maximum Gasteiger partial charge on any atom is 0.115 e. The lowest BCUT2D eigenvalue weighted by atomic mass is 10.1. The number of nitrogens with one attached hydrogen (secondary N) is 1. The molecule has 0 spiro atoms. The largest absolute Gasteiger partial charge is 0.508 e. The normalized spacial score (nSPS) is 12.1. The summed E-state index contributed by atoms with van der Waals surface area (Å²) < 4.78 is 0. The molecule has 0 aliphatic rings. The van der Waals surface area contributed by atoms with E-state index in [1.165, 1.54) is 0 Å². The predicted molar refractivity (Wildman–Crippen MR) is 76.3 cm³/mol. The first-order chi connectivity index (χ1) is 8.63. The average molecular weight is 262 g/mol. The SMILES string of the molecule is C[C@H](Cc1cccc(O)c1)Nc1ccc(Cl)cc1. The van der Waals surface area contributed by atoms with Gasteiger partial charge < -0.3 is 10.4 Å². The van der Waals surface area contributed by atoms with Gasteiger partial charge in [-0.15, -0.1) is 0 Å². The number of hydrogen-bond donors (Lipinski definition) is 2. The molecule has 0 unspecified atom stereocenters. The highest BCUT2D eigenvalue weighted by Gasteiger charge is 2.04. The van der Waals surface area contributed by atoms with Crippen molar-refractivity contribution in [1.29, 1.82) is 0 Å². The summed E-state index contributed by atoms with van der Waals surface area (Å²) in [6, 6.07) is 15.3. The van der Waals surface area contributed by atoms with Gasteiger partial charge in [-0.1, -0.05) is 23.7 Å². The standard InChI is InChI=1S/C15H16ClNO/c1-11(9-12-3-2-4-15(18)10-12)17-14-7-5-13(16)6-8-14/h2-8,10-11,17-18H,9H2,1H3/t11-/m1/s1. The molecule has 2 rings (SSSR count). The Bertz CT molecular complexity index is 510. The van der Waals surface area contributed by atoms with Crippen LogP contribution in [0.1, 0.15) is 12.5 Å². The van der Waals surface area contributed by atoms with E-state index in [1.807, 2.05) is 36.4 Å². The highest BCUT2D eigenvalue weighted by molar-refractivity contribution is 6.30. The summed E-state index contributed by atoms with van der Waals surface area (Å²) in [6.45, 7) is 2.11. The van der Waals surface area contributed by atoms with Crippen LogP contribution in [0.15, 0.2) is 48.5 Å². The van der Waals surface area contributed by atoms with Crippen LogP contribution in [0.4, 0.5) is 5.69 Å². The van der Waals surface area contributed by atoms with E-state index in [2.05, 4.69) is 12.2 Å². The number of benzene rings is 2. The molecule has 2 aromatic rings. The minimum absolute atomic E-state index is 0.285. The van der Waals surface area contributed by atoms with Crippen LogP contribution in [0.3, 0.4) is 0 Å². The molecular weight excluding hydrogens is 246 g/mol. The molecular formula is C15H16ClNO. The molecule has 2 aromatic carbocycles. The Kier molecular flexibility index (Phi) is 4.11. The van der Waals surface area contributed by atoms with Crippen LogP contribution < -0.4 is 5.32 Å². The molecule has 94 valence electrons. The molecule has 3 heteroatoms. The van der Waals surface area contributed by atoms with Crippen molar-refractivity contribution in [3.05, 3.63) is 59.1 Å². The van der Waals surface area contributed by atoms with Crippen LogP contribution in [-0.4, -0.2) is 11.1 Å². The Morgan fingerprint density at radius 3 is 2.56 bits per heavy atom. The van der Waals surface area contributed by atoms with E-state index in [-0.39, 0.29) is 6.04 Å². The molecule has 0 heterocycles. The number of aromatic hydroxyl groups is 1. The van der Waals surface area contributed by atoms with E-state index in [1.54, 1.807) is 12.1 Å². The van der Waals surface area contributed by atoms with Crippen LogP contribution in [-0.2, 0) is 6.42 Å². The van der Waals surface area contributed by atoms with E-state index < -0.39 is 0 Å². The quantitative estimate of drug-likeness (QED) is 0.869. The van der Waals surface area contributed by atoms with Gasteiger partial charge in [-0.25, -0.2) is 0 Å². The van der Waals surface area contributed by atoms with Crippen molar-refractivity contribution in [3.8, 4) is 5.75 Å². The monoisotopic (exact) mass is 261 g/mol. The molecule has 2 nitrogen and oxygen atoms in total. The maximum atomic E-state index is 9.41. The summed E-state index contributed by atoms with van der Waals surface area (Å²) in [5, 5.41) is 13.5. The van der Waals surface area contributed by atoms with E-state index in [0.29, 0.717) is 5.75 Å². The maximum absolute atomic E-state index is 9.41. The van der Waals surface area contributed by atoms with Gasteiger partial charge in [0.15, 0.2) is 0 Å². The lowest BCUT2D eigenvalue weighted by Gasteiger charge is -2.15. The summed E-state index contributed by atoms with van der Waals surface area (Å²) in [4.78, 5) is 0.